The molecule has 0 aliphatic rings. The summed E-state index contributed by atoms with van der Waals surface area (Å²) in [4.78, 5) is 3.75. The molecule has 0 radical (unpaired) electrons. The first-order valence-electron chi connectivity index (χ1n) is 6.05. The van der Waals surface area contributed by atoms with Crippen molar-refractivity contribution in [2.45, 2.75) is 4.90 Å². The summed E-state index contributed by atoms with van der Waals surface area (Å²) < 4.78 is 37.5. The number of halogens is 2. The van der Waals surface area contributed by atoms with Crippen molar-refractivity contribution >= 4 is 30.5 Å². The number of benzene rings is 2. The zero-order valence-corrected chi connectivity index (χ0v) is 12.2. The Kier molecular flexibility index (Phi) is 3.39. The standard InChI is InChI=1S/C15H9ClFNO2S/c16-21(19,20)14-7-2-1-5-11(14)12-6-3-4-10-8-18-9-13(17)15(10)12/h1-9H. The molecule has 0 bridgehead atoms. The maximum Gasteiger partial charge on any atom is 0.261 e. The third-order valence-electron chi connectivity index (χ3n) is 3.18. The van der Waals surface area contributed by atoms with Crippen LogP contribution in [0.25, 0.3) is 21.9 Å². The molecular weight excluding hydrogens is 313 g/mol. The van der Waals surface area contributed by atoms with E-state index in [2.05, 4.69) is 4.98 Å². The monoisotopic (exact) mass is 321 g/mol. The molecule has 0 atom stereocenters. The maximum atomic E-state index is 14.1. The highest BCUT2D eigenvalue weighted by Gasteiger charge is 2.18. The summed E-state index contributed by atoms with van der Waals surface area (Å²) in [5.74, 6) is -0.509. The Hall–Kier alpha value is -1.98. The highest BCUT2D eigenvalue weighted by molar-refractivity contribution is 8.13. The Morgan fingerprint density at radius 2 is 1.67 bits per heavy atom. The average molecular weight is 322 g/mol. The van der Waals surface area contributed by atoms with Crippen molar-refractivity contribution in [2.24, 2.45) is 0 Å². The minimum Gasteiger partial charge on any atom is -0.261 e. The SMILES string of the molecule is O=S(=O)(Cl)c1ccccc1-c1cccc2cncc(F)c12. The molecule has 1 aromatic heterocycles. The van der Waals surface area contributed by atoms with E-state index in [1.807, 2.05) is 0 Å². The van der Waals surface area contributed by atoms with Crippen LogP contribution in [0.15, 0.2) is 59.8 Å². The molecule has 0 unspecified atom stereocenters. The second-order valence-corrected chi connectivity index (χ2v) is 6.99. The average Bonchev–Trinajstić information content (AvgIpc) is 2.46. The van der Waals surface area contributed by atoms with E-state index >= 15 is 0 Å². The van der Waals surface area contributed by atoms with Gasteiger partial charge in [0.1, 0.15) is 5.82 Å². The molecule has 3 nitrogen and oxygen atoms in total. The zero-order valence-electron chi connectivity index (χ0n) is 10.6. The van der Waals surface area contributed by atoms with Crippen molar-refractivity contribution in [1.82, 2.24) is 4.98 Å². The van der Waals surface area contributed by atoms with Gasteiger partial charge < -0.3 is 0 Å². The molecule has 0 saturated carbocycles. The van der Waals surface area contributed by atoms with E-state index in [4.69, 9.17) is 10.7 Å². The van der Waals surface area contributed by atoms with Gasteiger partial charge in [0.25, 0.3) is 9.05 Å². The lowest BCUT2D eigenvalue weighted by molar-refractivity contribution is 0.609. The van der Waals surface area contributed by atoms with Gasteiger partial charge >= 0.3 is 0 Å². The third kappa shape index (κ3) is 2.50. The zero-order chi connectivity index (χ0) is 15.0. The van der Waals surface area contributed by atoms with E-state index in [1.165, 1.54) is 12.3 Å². The van der Waals surface area contributed by atoms with Crippen LogP contribution in [0.3, 0.4) is 0 Å². The fourth-order valence-corrected chi connectivity index (χ4v) is 3.40. The first-order chi connectivity index (χ1) is 9.98. The van der Waals surface area contributed by atoms with Crippen LogP contribution >= 0.6 is 10.7 Å². The van der Waals surface area contributed by atoms with E-state index < -0.39 is 14.9 Å². The van der Waals surface area contributed by atoms with E-state index in [1.54, 1.807) is 36.4 Å². The second kappa shape index (κ2) is 5.09. The van der Waals surface area contributed by atoms with Gasteiger partial charge in [0.2, 0.25) is 0 Å². The lowest BCUT2D eigenvalue weighted by atomic mass is 9.99. The fraction of sp³-hybridized carbons (Fsp3) is 0. The van der Waals surface area contributed by atoms with Crippen molar-refractivity contribution in [1.29, 1.82) is 0 Å². The topological polar surface area (TPSA) is 47.0 Å². The summed E-state index contributed by atoms with van der Waals surface area (Å²) in [6, 6.07) is 11.3. The summed E-state index contributed by atoms with van der Waals surface area (Å²) in [5.41, 5.74) is 0.829. The molecule has 1 heterocycles. The molecule has 0 aliphatic carbocycles. The van der Waals surface area contributed by atoms with E-state index in [-0.39, 0.29) is 4.90 Å². The van der Waals surface area contributed by atoms with Crippen molar-refractivity contribution < 1.29 is 12.8 Å². The number of rotatable bonds is 2. The quantitative estimate of drug-likeness (QED) is 0.671. The molecule has 3 rings (SSSR count). The minimum atomic E-state index is -3.93. The molecule has 0 spiro atoms. The van der Waals surface area contributed by atoms with Crippen LogP contribution in [-0.2, 0) is 9.05 Å². The van der Waals surface area contributed by atoms with Crippen LogP contribution < -0.4 is 0 Å². The van der Waals surface area contributed by atoms with Gasteiger partial charge in [0.05, 0.1) is 11.1 Å². The molecule has 0 amide bonds. The van der Waals surface area contributed by atoms with Crippen LogP contribution in [0.2, 0.25) is 0 Å². The molecule has 0 saturated heterocycles. The normalized spacial score (nSPS) is 11.7. The van der Waals surface area contributed by atoms with E-state index in [0.717, 1.165) is 6.20 Å². The van der Waals surface area contributed by atoms with E-state index in [0.29, 0.717) is 21.9 Å². The van der Waals surface area contributed by atoms with Crippen molar-refractivity contribution in [3.8, 4) is 11.1 Å². The number of aromatic nitrogens is 1. The van der Waals surface area contributed by atoms with Gasteiger partial charge in [-0.15, -0.1) is 0 Å². The summed E-state index contributed by atoms with van der Waals surface area (Å²) >= 11 is 0. The smallest absolute Gasteiger partial charge is 0.261 e. The Balaban J connectivity index is 2.43. The van der Waals surface area contributed by atoms with Gasteiger partial charge in [-0.3, -0.25) is 4.98 Å². The van der Waals surface area contributed by atoms with E-state index in [9.17, 15) is 12.8 Å². The molecular formula is C15H9ClFNO2S. The number of fused-ring (bicyclic) bond motifs is 1. The summed E-state index contributed by atoms with van der Waals surface area (Å²) in [7, 11) is 1.54. The minimum absolute atomic E-state index is 0.0459. The lowest BCUT2D eigenvalue weighted by Crippen LogP contribution is -1.96. The molecule has 0 N–H and O–H groups in total. The van der Waals surface area contributed by atoms with Crippen LogP contribution in [0.4, 0.5) is 4.39 Å². The molecule has 106 valence electrons. The Morgan fingerprint density at radius 3 is 2.43 bits per heavy atom. The Labute approximate surface area is 125 Å². The first-order valence-corrected chi connectivity index (χ1v) is 8.36. The fourth-order valence-electron chi connectivity index (χ4n) is 2.32. The third-order valence-corrected chi connectivity index (χ3v) is 4.56. The predicted molar refractivity (Wildman–Crippen MR) is 80.2 cm³/mol. The van der Waals surface area contributed by atoms with Crippen LogP contribution in [0.1, 0.15) is 0 Å². The summed E-state index contributed by atoms with van der Waals surface area (Å²) in [6.07, 6.45) is 2.63. The Bertz CT molecular complexity index is 936. The lowest BCUT2D eigenvalue weighted by Gasteiger charge is -2.10. The molecule has 0 aliphatic heterocycles. The highest BCUT2D eigenvalue weighted by Crippen LogP contribution is 2.35. The van der Waals surface area contributed by atoms with Gasteiger partial charge in [-0.05, 0) is 11.6 Å². The predicted octanol–water partition coefficient (Wildman–Crippen LogP) is 3.97. The van der Waals surface area contributed by atoms with Crippen LogP contribution in [-0.4, -0.2) is 13.4 Å². The van der Waals surface area contributed by atoms with Crippen molar-refractivity contribution in [3.63, 3.8) is 0 Å². The number of pyridine rings is 1. The van der Waals surface area contributed by atoms with Gasteiger partial charge in [0, 0.05) is 33.2 Å². The van der Waals surface area contributed by atoms with Gasteiger partial charge in [-0.1, -0.05) is 36.4 Å². The van der Waals surface area contributed by atoms with Crippen molar-refractivity contribution in [3.05, 3.63) is 60.7 Å². The summed E-state index contributed by atoms with van der Waals surface area (Å²) in [6.45, 7) is 0. The molecule has 0 fully saturated rings. The molecule has 6 heteroatoms. The largest absolute Gasteiger partial charge is 0.261 e. The number of hydrogen-bond acceptors (Lipinski definition) is 3. The molecule has 2 aromatic carbocycles. The van der Waals surface area contributed by atoms with Crippen molar-refractivity contribution in [2.75, 3.05) is 0 Å². The Morgan fingerprint density at radius 1 is 0.952 bits per heavy atom. The number of hydrogen-bond donors (Lipinski definition) is 0. The van der Waals surface area contributed by atoms with Gasteiger partial charge in [-0.2, -0.15) is 0 Å². The molecule has 3 aromatic rings. The highest BCUT2D eigenvalue weighted by atomic mass is 35.7. The van der Waals surface area contributed by atoms with Gasteiger partial charge in [0.15, 0.2) is 0 Å². The second-order valence-electron chi connectivity index (χ2n) is 4.46. The number of nitrogens with zero attached hydrogens (tertiary/aromatic N) is 1. The summed E-state index contributed by atoms with van der Waals surface area (Å²) in [5, 5.41) is 0.912. The first kappa shape index (κ1) is 14.0. The molecule has 21 heavy (non-hydrogen) atoms. The van der Waals surface area contributed by atoms with Crippen LogP contribution in [0, 0.1) is 5.82 Å². The van der Waals surface area contributed by atoms with Crippen LogP contribution in [0.5, 0.6) is 0 Å². The van der Waals surface area contributed by atoms with Gasteiger partial charge in [-0.25, -0.2) is 12.8 Å². The maximum absolute atomic E-state index is 14.1.